The Balaban J connectivity index is 2.06. The summed E-state index contributed by atoms with van der Waals surface area (Å²) in [6.07, 6.45) is 0.945. The predicted molar refractivity (Wildman–Crippen MR) is 80.8 cm³/mol. The Hall–Kier alpha value is -1.95. The van der Waals surface area contributed by atoms with Crippen LogP contribution in [0.25, 0.3) is 0 Å². The number of halogens is 2. The molecule has 2 rings (SSSR count). The molecule has 1 amide bonds. The number of benzene rings is 1. The molecule has 3 nitrogen and oxygen atoms in total. The minimum atomic E-state index is -0.785. The first kappa shape index (κ1) is 15.4. The van der Waals surface area contributed by atoms with Gasteiger partial charge in [0, 0.05) is 22.4 Å². The number of carbonyl (C=O) groups excluding carboxylic acids is 1. The van der Waals surface area contributed by atoms with Crippen molar-refractivity contribution >= 4 is 22.9 Å². The Morgan fingerprint density at radius 2 is 1.81 bits per heavy atom. The molecule has 2 aromatic rings. The highest BCUT2D eigenvalue weighted by Gasteiger charge is 2.14. The zero-order valence-corrected chi connectivity index (χ0v) is 12.6. The Kier molecular flexibility index (Phi) is 4.90. The van der Waals surface area contributed by atoms with Gasteiger partial charge in [0.25, 0.3) is 5.91 Å². The molecule has 1 heterocycles. The molecular weight excluding hydrogens is 294 g/mol. The van der Waals surface area contributed by atoms with Gasteiger partial charge in [-0.1, -0.05) is 6.92 Å². The lowest BCUT2D eigenvalue weighted by molar-refractivity contribution is 0.0950. The lowest BCUT2D eigenvalue weighted by atomic mass is 10.1. The second-order valence-corrected chi connectivity index (χ2v) is 5.72. The van der Waals surface area contributed by atoms with E-state index in [2.05, 4.69) is 17.6 Å². The van der Waals surface area contributed by atoms with E-state index in [1.54, 1.807) is 11.3 Å². The van der Waals surface area contributed by atoms with Crippen LogP contribution in [0.5, 0.6) is 0 Å². The SMILES string of the molecule is CCc1ccc(CNC(=O)c2cc(F)c(NC)c(F)c2)s1. The van der Waals surface area contributed by atoms with E-state index in [4.69, 9.17) is 0 Å². The van der Waals surface area contributed by atoms with Crippen LogP contribution in [0.2, 0.25) is 0 Å². The van der Waals surface area contributed by atoms with E-state index in [9.17, 15) is 13.6 Å². The van der Waals surface area contributed by atoms with Crippen molar-refractivity contribution in [1.29, 1.82) is 0 Å². The van der Waals surface area contributed by atoms with Gasteiger partial charge in [-0.15, -0.1) is 11.3 Å². The first-order chi connectivity index (χ1) is 10.0. The minimum absolute atomic E-state index is 0.0312. The number of anilines is 1. The van der Waals surface area contributed by atoms with Crippen molar-refractivity contribution in [2.24, 2.45) is 0 Å². The predicted octanol–water partition coefficient (Wildman–Crippen LogP) is 3.56. The molecule has 0 unspecified atom stereocenters. The summed E-state index contributed by atoms with van der Waals surface area (Å²) >= 11 is 1.61. The Labute approximate surface area is 126 Å². The number of thiophene rings is 1. The van der Waals surface area contributed by atoms with Crippen LogP contribution < -0.4 is 10.6 Å². The fraction of sp³-hybridized carbons (Fsp3) is 0.267. The summed E-state index contributed by atoms with van der Waals surface area (Å²) < 4.78 is 27.2. The second-order valence-electron chi connectivity index (χ2n) is 4.47. The Bertz CT molecular complexity index is 632. The maximum atomic E-state index is 13.6. The molecule has 0 atom stereocenters. The van der Waals surface area contributed by atoms with Crippen LogP contribution in [-0.4, -0.2) is 13.0 Å². The average molecular weight is 310 g/mol. The van der Waals surface area contributed by atoms with E-state index in [1.807, 2.05) is 12.1 Å². The van der Waals surface area contributed by atoms with E-state index in [1.165, 1.54) is 11.9 Å². The molecule has 0 fully saturated rings. The van der Waals surface area contributed by atoms with E-state index < -0.39 is 17.5 Å². The van der Waals surface area contributed by atoms with Gasteiger partial charge in [-0.3, -0.25) is 4.79 Å². The highest BCUT2D eigenvalue weighted by atomic mass is 32.1. The fourth-order valence-corrected chi connectivity index (χ4v) is 2.82. The van der Waals surface area contributed by atoms with Gasteiger partial charge >= 0.3 is 0 Å². The molecule has 0 aliphatic carbocycles. The lowest BCUT2D eigenvalue weighted by Gasteiger charge is -2.08. The third-order valence-corrected chi connectivity index (χ3v) is 4.27. The molecule has 0 saturated heterocycles. The van der Waals surface area contributed by atoms with Gasteiger partial charge < -0.3 is 10.6 Å². The first-order valence-corrected chi connectivity index (χ1v) is 7.39. The molecule has 0 saturated carbocycles. The maximum absolute atomic E-state index is 13.6. The monoisotopic (exact) mass is 310 g/mol. The van der Waals surface area contributed by atoms with E-state index in [-0.39, 0.29) is 11.3 Å². The number of nitrogens with one attached hydrogen (secondary N) is 2. The van der Waals surface area contributed by atoms with Gasteiger partial charge in [-0.05, 0) is 30.7 Å². The van der Waals surface area contributed by atoms with Gasteiger partial charge in [0.2, 0.25) is 0 Å². The number of hydrogen-bond acceptors (Lipinski definition) is 3. The van der Waals surface area contributed by atoms with Crippen molar-refractivity contribution < 1.29 is 13.6 Å². The summed E-state index contributed by atoms with van der Waals surface area (Å²) in [5.41, 5.74) is -0.270. The normalized spacial score (nSPS) is 10.5. The van der Waals surface area contributed by atoms with Crippen LogP contribution in [0.3, 0.4) is 0 Å². The van der Waals surface area contributed by atoms with Crippen LogP contribution in [-0.2, 0) is 13.0 Å². The maximum Gasteiger partial charge on any atom is 0.251 e. The van der Waals surface area contributed by atoms with Gasteiger partial charge in [0.1, 0.15) is 17.3 Å². The quantitative estimate of drug-likeness (QED) is 0.886. The van der Waals surface area contributed by atoms with Crippen molar-refractivity contribution in [2.75, 3.05) is 12.4 Å². The standard InChI is InChI=1S/C15H16F2N2OS/c1-3-10-4-5-11(21-10)8-19-15(20)9-6-12(16)14(18-2)13(17)7-9/h4-7,18H,3,8H2,1-2H3,(H,19,20). The topological polar surface area (TPSA) is 41.1 Å². The Morgan fingerprint density at radius 3 is 2.33 bits per heavy atom. The van der Waals surface area contributed by atoms with Crippen molar-refractivity contribution in [3.8, 4) is 0 Å². The van der Waals surface area contributed by atoms with Crippen LogP contribution in [0, 0.1) is 11.6 Å². The molecule has 6 heteroatoms. The molecule has 1 aromatic heterocycles. The summed E-state index contributed by atoms with van der Waals surface area (Å²) in [6, 6.07) is 5.99. The zero-order valence-electron chi connectivity index (χ0n) is 11.8. The molecule has 0 radical (unpaired) electrons. The van der Waals surface area contributed by atoms with Crippen LogP contribution in [0.15, 0.2) is 24.3 Å². The van der Waals surface area contributed by atoms with Crippen molar-refractivity contribution in [3.63, 3.8) is 0 Å². The molecule has 1 aromatic carbocycles. The molecule has 112 valence electrons. The van der Waals surface area contributed by atoms with Crippen molar-refractivity contribution in [3.05, 3.63) is 51.2 Å². The summed E-state index contributed by atoms with van der Waals surface area (Å²) in [7, 11) is 1.42. The number of rotatable bonds is 5. The van der Waals surface area contributed by atoms with Gasteiger partial charge in [0.05, 0.1) is 6.54 Å². The zero-order chi connectivity index (χ0) is 15.4. The molecule has 0 aliphatic heterocycles. The van der Waals surface area contributed by atoms with Crippen molar-refractivity contribution in [2.45, 2.75) is 19.9 Å². The van der Waals surface area contributed by atoms with Crippen LogP contribution >= 0.6 is 11.3 Å². The first-order valence-electron chi connectivity index (χ1n) is 6.57. The number of carbonyl (C=O) groups is 1. The molecule has 0 bridgehead atoms. The summed E-state index contributed by atoms with van der Waals surface area (Å²) in [5, 5.41) is 5.08. The molecule has 21 heavy (non-hydrogen) atoms. The fourth-order valence-electron chi connectivity index (χ4n) is 1.92. The average Bonchev–Trinajstić information content (AvgIpc) is 2.92. The lowest BCUT2D eigenvalue weighted by Crippen LogP contribution is -2.22. The highest BCUT2D eigenvalue weighted by molar-refractivity contribution is 7.11. The van der Waals surface area contributed by atoms with Crippen LogP contribution in [0.1, 0.15) is 27.0 Å². The summed E-state index contributed by atoms with van der Waals surface area (Å²) in [6.45, 7) is 2.41. The van der Waals surface area contributed by atoms with Crippen LogP contribution in [0.4, 0.5) is 14.5 Å². The molecular formula is C15H16F2N2OS. The minimum Gasteiger partial charge on any atom is -0.383 e. The van der Waals surface area contributed by atoms with E-state index >= 15 is 0 Å². The van der Waals surface area contributed by atoms with E-state index in [0.717, 1.165) is 23.4 Å². The Morgan fingerprint density at radius 1 is 1.19 bits per heavy atom. The van der Waals surface area contributed by atoms with Gasteiger partial charge in [-0.25, -0.2) is 8.78 Å². The number of amides is 1. The molecule has 0 spiro atoms. The third-order valence-electron chi connectivity index (χ3n) is 3.04. The third kappa shape index (κ3) is 3.58. The molecule has 2 N–H and O–H groups in total. The van der Waals surface area contributed by atoms with Crippen molar-refractivity contribution in [1.82, 2.24) is 5.32 Å². The summed E-state index contributed by atoms with van der Waals surface area (Å²) in [5.74, 6) is -2.07. The largest absolute Gasteiger partial charge is 0.383 e. The van der Waals surface area contributed by atoms with E-state index in [0.29, 0.717) is 6.54 Å². The highest BCUT2D eigenvalue weighted by Crippen LogP contribution is 2.20. The molecule has 0 aliphatic rings. The number of hydrogen-bond donors (Lipinski definition) is 2. The summed E-state index contributed by atoms with van der Waals surface area (Å²) in [4.78, 5) is 14.2. The smallest absolute Gasteiger partial charge is 0.251 e. The van der Waals surface area contributed by atoms with Gasteiger partial charge in [0.15, 0.2) is 0 Å². The van der Waals surface area contributed by atoms with Gasteiger partial charge in [-0.2, -0.15) is 0 Å². The second kappa shape index (κ2) is 6.67. The number of aryl methyl sites for hydroxylation is 1.